The summed E-state index contributed by atoms with van der Waals surface area (Å²) in [7, 11) is 1.72. The predicted octanol–water partition coefficient (Wildman–Crippen LogP) is 3.95. The number of aromatic carboxylic acids is 1. The maximum absolute atomic E-state index is 13.9. The predicted molar refractivity (Wildman–Crippen MR) is 119 cm³/mol. The van der Waals surface area contributed by atoms with E-state index in [-0.39, 0.29) is 17.7 Å². The number of nitrogens with zero attached hydrogens (tertiary/aromatic N) is 5. The Morgan fingerprint density at radius 3 is 2.62 bits per heavy atom. The quantitative estimate of drug-likeness (QED) is 0.579. The van der Waals surface area contributed by atoms with Crippen LogP contribution in [0.4, 0.5) is 10.1 Å². The minimum absolute atomic E-state index is 0.00912. The highest BCUT2D eigenvalue weighted by atomic mass is 19.1. The minimum atomic E-state index is -1.09. The van der Waals surface area contributed by atoms with Crippen molar-refractivity contribution in [2.75, 3.05) is 25.1 Å². The fourth-order valence-electron chi connectivity index (χ4n) is 4.48. The zero-order valence-electron chi connectivity index (χ0n) is 18.8. The number of piperidine rings is 1. The number of hydrogen-bond donors (Lipinski definition) is 1. The molecule has 0 spiro atoms. The summed E-state index contributed by atoms with van der Waals surface area (Å²) >= 11 is 0. The fraction of sp³-hybridized carbons (Fsp3) is 0.478. The van der Waals surface area contributed by atoms with E-state index in [9.17, 15) is 14.3 Å². The van der Waals surface area contributed by atoms with E-state index < -0.39 is 11.9 Å². The molecule has 0 unspecified atom stereocenters. The van der Waals surface area contributed by atoms with E-state index in [1.165, 1.54) is 16.9 Å². The smallest absolute Gasteiger partial charge is 0.354 e. The average Bonchev–Trinajstić information content (AvgIpc) is 3.17. The second-order valence-electron chi connectivity index (χ2n) is 8.36. The molecule has 1 N–H and O–H groups in total. The number of methoxy groups -OCH3 is 1. The van der Waals surface area contributed by atoms with Crippen molar-refractivity contribution < 1.29 is 19.0 Å². The summed E-state index contributed by atoms with van der Waals surface area (Å²) in [5.41, 5.74) is 3.25. The summed E-state index contributed by atoms with van der Waals surface area (Å²) in [5, 5.41) is 15.6. The number of fused-ring (bicyclic) bond motifs is 1. The number of ether oxygens (including phenoxy) is 1. The molecule has 4 rings (SSSR count). The van der Waals surface area contributed by atoms with Crippen molar-refractivity contribution in [3.8, 4) is 5.69 Å². The molecule has 1 saturated heterocycles. The molecule has 0 radical (unpaired) electrons. The summed E-state index contributed by atoms with van der Waals surface area (Å²) in [4.78, 5) is 22.6. The van der Waals surface area contributed by atoms with Gasteiger partial charge in [-0.2, -0.15) is 9.49 Å². The zero-order valence-corrected chi connectivity index (χ0v) is 18.8. The van der Waals surface area contributed by atoms with Gasteiger partial charge in [0.1, 0.15) is 0 Å². The molecule has 8 nitrogen and oxygen atoms in total. The third-order valence-electron chi connectivity index (χ3n) is 6.06. The van der Waals surface area contributed by atoms with Crippen LogP contribution in [-0.2, 0) is 11.2 Å². The fourth-order valence-corrected chi connectivity index (χ4v) is 4.48. The summed E-state index contributed by atoms with van der Waals surface area (Å²) in [5.74, 6) is -1.66. The first-order valence-corrected chi connectivity index (χ1v) is 10.9. The molecule has 3 aromatic heterocycles. The Morgan fingerprint density at radius 2 is 2.06 bits per heavy atom. The topological polar surface area (TPSA) is 93.4 Å². The lowest BCUT2D eigenvalue weighted by molar-refractivity contribution is 0.0689. The van der Waals surface area contributed by atoms with Crippen molar-refractivity contribution in [1.82, 2.24) is 19.7 Å². The van der Waals surface area contributed by atoms with E-state index >= 15 is 0 Å². The first-order chi connectivity index (χ1) is 15.3. The van der Waals surface area contributed by atoms with Gasteiger partial charge in [0.25, 0.3) is 0 Å². The SMILES string of the molecule is CCc1c(C(=O)O)nc2c(c(C(C)C)nn2-c2ccnc(F)c2)c1N1CCC(OC)CC1. The Balaban J connectivity index is 2.04. The number of carboxylic acid groups (broad SMARTS) is 1. The first kappa shape index (κ1) is 22.1. The molecule has 0 amide bonds. The molecule has 32 heavy (non-hydrogen) atoms. The van der Waals surface area contributed by atoms with Gasteiger partial charge in [0.15, 0.2) is 11.3 Å². The van der Waals surface area contributed by atoms with Crippen LogP contribution in [0.3, 0.4) is 0 Å². The van der Waals surface area contributed by atoms with E-state index in [1.807, 2.05) is 20.8 Å². The van der Waals surface area contributed by atoms with Gasteiger partial charge in [0.2, 0.25) is 5.95 Å². The third kappa shape index (κ3) is 3.81. The van der Waals surface area contributed by atoms with Crippen LogP contribution in [0.2, 0.25) is 0 Å². The van der Waals surface area contributed by atoms with Crippen LogP contribution >= 0.6 is 0 Å². The van der Waals surface area contributed by atoms with Crippen molar-refractivity contribution in [3.05, 3.63) is 41.2 Å². The molecule has 0 saturated carbocycles. The second-order valence-corrected chi connectivity index (χ2v) is 8.36. The molecule has 0 bridgehead atoms. The number of pyridine rings is 2. The number of carboxylic acids is 1. The lowest BCUT2D eigenvalue weighted by Gasteiger charge is -2.35. The average molecular weight is 442 g/mol. The molecular weight excluding hydrogens is 413 g/mol. The van der Waals surface area contributed by atoms with Gasteiger partial charge in [-0.05, 0) is 31.2 Å². The van der Waals surface area contributed by atoms with Gasteiger partial charge in [-0.15, -0.1) is 0 Å². The Bertz CT molecular complexity index is 1150. The van der Waals surface area contributed by atoms with Crippen LogP contribution in [0.15, 0.2) is 18.3 Å². The van der Waals surface area contributed by atoms with Crippen LogP contribution < -0.4 is 4.90 Å². The molecule has 1 aliphatic heterocycles. The Morgan fingerprint density at radius 1 is 1.34 bits per heavy atom. The Kier molecular flexibility index (Phi) is 6.10. The number of halogens is 1. The van der Waals surface area contributed by atoms with Crippen LogP contribution in [-0.4, -0.2) is 57.1 Å². The van der Waals surface area contributed by atoms with E-state index in [2.05, 4.69) is 14.9 Å². The summed E-state index contributed by atoms with van der Waals surface area (Å²) in [6, 6.07) is 2.91. The highest BCUT2D eigenvalue weighted by molar-refractivity contribution is 6.01. The van der Waals surface area contributed by atoms with Gasteiger partial charge in [-0.25, -0.2) is 19.4 Å². The number of anilines is 1. The lowest BCUT2D eigenvalue weighted by Crippen LogP contribution is -2.37. The monoisotopic (exact) mass is 441 g/mol. The molecule has 9 heteroatoms. The number of carbonyl (C=O) groups is 1. The number of hydrogen-bond acceptors (Lipinski definition) is 6. The normalized spacial score (nSPS) is 15.1. The van der Waals surface area contributed by atoms with E-state index in [0.29, 0.717) is 23.3 Å². The molecule has 0 atom stereocenters. The Labute approximate surface area is 186 Å². The van der Waals surface area contributed by atoms with Gasteiger partial charge in [0.05, 0.1) is 28.6 Å². The third-order valence-corrected chi connectivity index (χ3v) is 6.06. The van der Waals surface area contributed by atoms with E-state index in [1.54, 1.807) is 13.2 Å². The van der Waals surface area contributed by atoms with E-state index in [4.69, 9.17) is 9.84 Å². The molecule has 170 valence electrons. The zero-order chi connectivity index (χ0) is 23.0. The molecular formula is C23H28FN5O3. The van der Waals surface area contributed by atoms with Gasteiger partial charge in [-0.3, -0.25) is 0 Å². The van der Waals surface area contributed by atoms with E-state index in [0.717, 1.165) is 42.7 Å². The molecule has 0 aromatic carbocycles. The molecule has 3 aromatic rings. The number of rotatable bonds is 6. The summed E-state index contributed by atoms with van der Waals surface area (Å²) < 4.78 is 21.0. The van der Waals surface area contributed by atoms with Gasteiger partial charge in [-0.1, -0.05) is 20.8 Å². The molecule has 4 heterocycles. The van der Waals surface area contributed by atoms with Gasteiger partial charge in [0, 0.05) is 38.0 Å². The van der Waals surface area contributed by atoms with Crippen LogP contribution in [0, 0.1) is 5.95 Å². The first-order valence-electron chi connectivity index (χ1n) is 10.9. The highest BCUT2D eigenvalue weighted by Gasteiger charge is 2.30. The lowest BCUT2D eigenvalue weighted by atomic mass is 9.97. The van der Waals surface area contributed by atoms with Gasteiger partial charge >= 0.3 is 5.97 Å². The minimum Gasteiger partial charge on any atom is -0.476 e. The van der Waals surface area contributed by atoms with Crippen molar-refractivity contribution in [2.24, 2.45) is 0 Å². The van der Waals surface area contributed by atoms with Crippen molar-refractivity contribution in [2.45, 2.75) is 52.1 Å². The summed E-state index contributed by atoms with van der Waals surface area (Å²) in [6.07, 6.45) is 3.79. The standard InChI is InChI=1S/C23H28FN5O3/c1-5-16-20(23(30)31)26-22-18(21(16)28-10-7-15(32-4)8-11-28)19(13(2)3)27-29(22)14-6-9-25-17(24)12-14/h6,9,12-13,15H,5,7-8,10-11H2,1-4H3,(H,30,31). The molecule has 0 aliphatic carbocycles. The van der Waals surface area contributed by atoms with Crippen LogP contribution in [0.1, 0.15) is 61.3 Å². The maximum atomic E-state index is 13.9. The van der Waals surface area contributed by atoms with Crippen molar-refractivity contribution in [3.63, 3.8) is 0 Å². The summed E-state index contributed by atoms with van der Waals surface area (Å²) in [6.45, 7) is 7.51. The molecule has 1 aliphatic rings. The van der Waals surface area contributed by atoms with Crippen molar-refractivity contribution >= 4 is 22.7 Å². The van der Waals surface area contributed by atoms with Crippen LogP contribution in [0.5, 0.6) is 0 Å². The number of aromatic nitrogens is 4. The maximum Gasteiger partial charge on any atom is 0.354 e. The largest absolute Gasteiger partial charge is 0.476 e. The second kappa shape index (κ2) is 8.82. The van der Waals surface area contributed by atoms with Gasteiger partial charge < -0.3 is 14.7 Å². The Hall–Kier alpha value is -3.07. The molecule has 1 fully saturated rings. The van der Waals surface area contributed by atoms with Crippen molar-refractivity contribution in [1.29, 1.82) is 0 Å². The highest BCUT2D eigenvalue weighted by Crippen LogP contribution is 2.39. The van der Waals surface area contributed by atoms with Crippen LogP contribution in [0.25, 0.3) is 16.7 Å².